The highest BCUT2D eigenvalue weighted by molar-refractivity contribution is 5.97. The molecule has 0 amide bonds. The van der Waals surface area contributed by atoms with E-state index in [4.69, 9.17) is 4.74 Å². The van der Waals surface area contributed by atoms with E-state index in [9.17, 15) is 18.0 Å². The number of Topliss-reactive ketones (excluding diaryl/α,β-unsaturated/α-hetero) is 1. The molecule has 3 aromatic carbocycles. The molecule has 0 aliphatic carbocycles. The van der Waals surface area contributed by atoms with Crippen LogP contribution in [0, 0.1) is 0 Å². The number of carbonyl (C=O) groups excluding carboxylic acids is 1. The first-order valence-electron chi connectivity index (χ1n) is 8.34. The summed E-state index contributed by atoms with van der Waals surface area (Å²) in [7, 11) is 0. The molecule has 0 atom stereocenters. The Kier molecular flexibility index (Phi) is 5.31. The molecule has 0 aliphatic heterocycles. The minimum absolute atomic E-state index is 0.0460. The number of ketones is 1. The highest BCUT2D eigenvalue weighted by Gasteiger charge is 2.33. The van der Waals surface area contributed by atoms with Gasteiger partial charge in [-0.1, -0.05) is 54.6 Å². The number of hydrogen-bond donors (Lipinski definition) is 0. The van der Waals surface area contributed by atoms with E-state index in [0.717, 1.165) is 11.6 Å². The zero-order valence-corrected chi connectivity index (χ0v) is 14.6. The van der Waals surface area contributed by atoms with E-state index in [1.165, 1.54) is 37.3 Å². The standard InChI is InChI=1S/C22H17F3O2/c1-15(26)18-12-11-17(19-9-5-6-10-20(19)22(23,24)25)13-21(18)27-14-16-7-3-2-4-8-16/h2-13H,14H2,1H3. The number of alkyl halides is 3. The van der Waals surface area contributed by atoms with E-state index in [1.54, 1.807) is 6.07 Å². The molecule has 3 rings (SSSR count). The third-order valence-electron chi connectivity index (χ3n) is 4.14. The minimum Gasteiger partial charge on any atom is -0.488 e. The quantitative estimate of drug-likeness (QED) is 0.503. The smallest absolute Gasteiger partial charge is 0.417 e. The molecule has 2 nitrogen and oxygen atoms in total. The van der Waals surface area contributed by atoms with Crippen molar-refractivity contribution in [2.75, 3.05) is 0 Å². The molecule has 0 fully saturated rings. The molecule has 0 heterocycles. The lowest BCUT2D eigenvalue weighted by atomic mass is 9.97. The fourth-order valence-electron chi connectivity index (χ4n) is 2.82. The van der Waals surface area contributed by atoms with Gasteiger partial charge >= 0.3 is 6.18 Å². The lowest BCUT2D eigenvalue weighted by Crippen LogP contribution is -2.07. The molecular formula is C22H17F3O2. The molecule has 0 N–H and O–H groups in total. The summed E-state index contributed by atoms with van der Waals surface area (Å²) < 4.78 is 45.7. The first kappa shape index (κ1) is 18.7. The highest BCUT2D eigenvalue weighted by Crippen LogP contribution is 2.38. The fraction of sp³-hybridized carbons (Fsp3) is 0.136. The SMILES string of the molecule is CC(=O)c1ccc(-c2ccccc2C(F)(F)F)cc1OCc1ccccc1. The lowest BCUT2D eigenvalue weighted by Gasteiger charge is -2.15. The van der Waals surface area contributed by atoms with Crippen molar-refractivity contribution in [1.82, 2.24) is 0 Å². The molecule has 138 valence electrons. The Morgan fingerprint density at radius 3 is 2.26 bits per heavy atom. The molecular weight excluding hydrogens is 353 g/mol. The maximum Gasteiger partial charge on any atom is 0.417 e. The second-order valence-electron chi connectivity index (χ2n) is 6.08. The van der Waals surface area contributed by atoms with Gasteiger partial charge in [0.1, 0.15) is 12.4 Å². The Morgan fingerprint density at radius 1 is 0.926 bits per heavy atom. The maximum absolute atomic E-state index is 13.3. The van der Waals surface area contributed by atoms with Crippen LogP contribution in [-0.2, 0) is 12.8 Å². The van der Waals surface area contributed by atoms with Crippen molar-refractivity contribution in [3.8, 4) is 16.9 Å². The summed E-state index contributed by atoms with van der Waals surface area (Å²) in [5.74, 6) is 0.0505. The van der Waals surface area contributed by atoms with Crippen molar-refractivity contribution in [3.05, 3.63) is 89.5 Å². The molecule has 0 aromatic heterocycles. The van der Waals surface area contributed by atoms with Gasteiger partial charge in [-0.15, -0.1) is 0 Å². The van der Waals surface area contributed by atoms with E-state index in [1.807, 2.05) is 30.3 Å². The van der Waals surface area contributed by atoms with Gasteiger partial charge < -0.3 is 4.74 Å². The monoisotopic (exact) mass is 370 g/mol. The third-order valence-corrected chi connectivity index (χ3v) is 4.14. The summed E-state index contributed by atoms with van der Waals surface area (Å²) in [4.78, 5) is 11.9. The van der Waals surface area contributed by atoms with Crippen molar-refractivity contribution < 1.29 is 22.7 Å². The normalized spacial score (nSPS) is 11.3. The molecule has 0 saturated carbocycles. The zero-order valence-electron chi connectivity index (χ0n) is 14.6. The summed E-state index contributed by atoms with van der Waals surface area (Å²) in [6.07, 6.45) is -4.47. The highest BCUT2D eigenvalue weighted by atomic mass is 19.4. The number of benzene rings is 3. The van der Waals surface area contributed by atoms with Crippen molar-refractivity contribution in [2.24, 2.45) is 0 Å². The van der Waals surface area contributed by atoms with Gasteiger partial charge in [-0.05, 0) is 41.8 Å². The van der Waals surface area contributed by atoms with Gasteiger partial charge in [0.2, 0.25) is 0 Å². The topological polar surface area (TPSA) is 26.3 Å². The predicted octanol–water partition coefficient (Wildman–Crippen LogP) is 6.15. The minimum atomic E-state index is -4.47. The Hall–Kier alpha value is -3.08. The number of hydrogen-bond acceptors (Lipinski definition) is 2. The van der Waals surface area contributed by atoms with Crippen LogP contribution in [0.25, 0.3) is 11.1 Å². The Balaban J connectivity index is 2.01. The van der Waals surface area contributed by atoms with Gasteiger partial charge in [0.25, 0.3) is 0 Å². The van der Waals surface area contributed by atoms with Crippen molar-refractivity contribution in [1.29, 1.82) is 0 Å². The predicted molar refractivity (Wildman–Crippen MR) is 97.7 cm³/mol. The van der Waals surface area contributed by atoms with Crippen LogP contribution in [0.2, 0.25) is 0 Å². The molecule has 0 bridgehead atoms. The van der Waals surface area contributed by atoms with E-state index in [2.05, 4.69) is 0 Å². The van der Waals surface area contributed by atoms with Crippen LogP contribution in [0.1, 0.15) is 28.4 Å². The van der Waals surface area contributed by atoms with Gasteiger partial charge in [-0.25, -0.2) is 0 Å². The van der Waals surface area contributed by atoms with Crippen LogP contribution in [0.3, 0.4) is 0 Å². The van der Waals surface area contributed by atoms with Gasteiger partial charge in [0.05, 0.1) is 11.1 Å². The Labute approximate surface area is 155 Å². The average Bonchev–Trinajstić information content (AvgIpc) is 2.66. The van der Waals surface area contributed by atoms with Crippen LogP contribution in [0.4, 0.5) is 13.2 Å². The molecule has 0 unspecified atom stereocenters. The summed E-state index contributed by atoms with van der Waals surface area (Å²) >= 11 is 0. The number of rotatable bonds is 5. The number of ether oxygens (including phenoxy) is 1. The van der Waals surface area contributed by atoms with E-state index in [0.29, 0.717) is 11.1 Å². The summed E-state index contributed by atoms with van der Waals surface area (Å²) in [5, 5.41) is 0. The zero-order chi connectivity index (χ0) is 19.4. The molecule has 5 heteroatoms. The van der Waals surface area contributed by atoms with Gasteiger partial charge in [0.15, 0.2) is 5.78 Å². The van der Waals surface area contributed by atoms with E-state index >= 15 is 0 Å². The summed E-state index contributed by atoms with van der Waals surface area (Å²) in [5.41, 5.74) is 0.891. The summed E-state index contributed by atoms with van der Waals surface area (Å²) in [6.45, 7) is 1.61. The Morgan fingerprint density at radius 2 is 1.59 bits per heavy atom. The second-order valence-corrected chi connectivity index (χ2v) is 6.08. The molecule has 3 aromatic rings. The van der Waals surface area contributed by atoms with E-state index in [-0.39, 0.29) is 23.7 Å². The van der Waals surface area contributed by atoms with Gasteiger partial charge in [-0.3, -0.25) is 4.79 Å². The van der Waals surface area contributed by atoms with Crippen LogP contribution in [0.15, 0.2) is 72.8 Å². The third kappa shape index (κ3) is 4.37. The van der Waals surface area contributed by atoms with Crippen LogP contribution in [-0.4, -0.2) is 5.78 Å². The van der Waals surface area contributed by atoms with Crippen molar-refractivity contribution >= 4 is 5.78 Å². The second kappa shape index (κ2) is 7.66. The maximum atomic E-state index is 13.3. The molecule has 27 heavy (non-hydrogen) atoms. The average molecular weight is 370 g/mol. The summed E-state index contributed by atoms with van der Waals surface area (Å²) in [6, 6.07) is 19.2. The molecule has 0 radical (unpaired) electrons. The first-order valence-corrected chi connectivity index (χ1v) is 8.34. The van der Waals surface area contributed by atoms with Gasteiger partial charge in [0, 0.05) is 0 Å². The number of carbonyl (C=O) groups is 1. The largest absolute Gasteiger partial charge is 0.488 e. The Bertz CT molecular complexity index is 947. The lowest BCUT2D eigenvalue weighted by molar-refractivity contribution is -0.137. The first-order chi connectivity index (χ1) is 12.9. The molecule has 0 spiro atoms. The van der Waals surface area contributed by atoms with Crippen molar-refractivity contribution in [2.45, 2.75) is 19.7 Å². The fourth-order valence-corrected chi connectivity index (χ4v) is 2.82. The van der Waals surface area contributed by atoms with Crippen LogP contribution in [0.5, 0.6) is 5.75 Å². The molecule has 0 aliphatic rings. The number of halogens is 3. The molecule has 0 saturated heterocycles. The van der Waals surface area contributed by atoms with Crippen LogP contribution < -0.4 is 4.74 Å². The van der Waals surface area contributed by atoms with Crippen molar-refractivity contribution in [3.63, 3.8) is 0 Å². The van der Waals surface area contributed by atoms with Crippen LogP contribution >= 0.6 is 0 Å². The van der Waals surface area contributed by atoms with Gasteiger partial charge in [-0.2, -0.15) is 13.2 Å². The van der Waals surface area contributed by atoms with E-state index < -0.39 is 11.7 Å².